The largest absolute Gasteiger partial charge is 0.456 e. The lowest BCUT2D eigenvalue weighted by molar-refractivity contribution is 0.669. The minimum absolute atomic E-state index is 0.531. The molecule has 0 radical (unpaired) electrons. The minimum atomic E-state index is -0.531. The van der Waals surface area contributed by atoms with Crippen LogP contribution in [-0.4, -0.2) is 0 Å². The fraction of sp³-hybridized carbons (Fsp3) is 0.0182. The second kappa shape index (κ2) is 10.9. The maximum atomic E-state index is 6.67. The van der Waals surface area contributed by atoms with E-state index < -0.39 is 5.41 Å². The summed E-state index contributed by atoms with van der Waals surface area (Å²) in [4.78, 5) is 0. The normalized spacial score (nSPS) is 13.5. The summed E-state index contributed by atoms with van der Waals surface area (Å²) in [5.41, 5.74) is 16.8. The molecule has 0 amide bonds. The predicted octanol–water partition coefficient (Wildman–Crippen LogP) is 14.7. The van der Waals surface area contributed by atoms with Gasteiger partial charge in [0.05, 0.1) is 5.41 Å². The van der Waals surface area contributed by atoms with Crippen molar-refractivity contribution in [2.24, 2.45) is 0 Å². The Kier molecular flexibility index (Phi) is 5.89. The Morgan fingerprint density at radius 1 is 0.321 bits per heavy atom. The molecule has 1 spiro atoms. The first-order chi connectivity index (χ1) is 27.8. The molecule has 10 aromatic carbocycles. The van der Waals surface area contributed by atoms with Gasteiger partial charge in [0.1, 0.15) is 11.2 Å². The maximum Gasteiger partial charge on any atom is 0.136 e. The predicted molar refractivity (Wildman–Crippen MR) is 233 cm³/mol. The van der Waals surface area contributed by atoms with Crippen molar-refractivity contribution in [3.63, 3.8) is 0 Å². The molecular formula is C55H32O. The Hall–Kier alpha value is -7.22. The highest BCUT2D eigenvalue weighted by molar-refractivity contribution is 6.17. The van der Waals surface area contributed by atoms with E-state index in [1.807, 2.05) is 0 Å². The second-order valence-electron chi connectivity index (χ2n) is 15.5. The van der Waals surface area contributed by atoms with Crippen LogP contribution in [0, 0.1) is 0 Å². The van der Waals surface area contributed by atoms with Crippen LogP contribution in [0.25, 0.3) is 98.8 Å². The third kappa shape index (κ3) is 3.79. The summed E-state index contributed by atoms with van der Waals surface area (Å²) in [6, 6.07) is 72.2. The SMILES string of the molecule is c1ccc2c(c1)-c1ccccc1C21c2cc(-c3cccc4oc5cc6ccccc6cc5c34)cc(-c3cccc4ccccc34)c2-c2ccc3ccccc3c21. The summed E-state index contributed by atoms with van der Waals surface area (Å²) in [5, 5.41) is 9.74. The van der Waals surface area contributed by atoms with Crippen LogP contribution < -0.4 is 0 Å². The smallest absolute Gasteiger partial charge is 0.136 e. The summed E-state index contributed by atoms with van der Waals surface area (Å²) >= 11 is 0. The molecule has 13 rings (SSSR count). The molecular weight excluding hydrogens is 677 g/mol. The zero-order valence-electron chi connectivity index (χ0n) is 30.4. The molecule has 2 aliphatic carbocycles. The van der Waals surface area contributed by atoms with Gasteiger partial charge < -0.3 is 4.42 Å². The van der Waals surface area contributed by atoms with E-state index in [0.717, 1.165) is 21.9 Å². The Morgan fingerprint density at radius 3 is 1.70 bits per heavy atom. The molecule has 0 bridgehead atoms. The minimum Gasteiger partial charge on any atom is -0.456 e. The van der Waals surface area contributed by atoms with Gasteiger partial charge >= 0.3 is 0 Å². The van der Waals surface area contributed by atoms with Gasteiger partial charge in [0.15, 0.2) is 0 Å². The maximum absolute atomic E-state index is 6.67. The van der Waals surface area contributed by atoms with Gasteiger partial charge in [0.25, 0.3) is 0 Å². The highest BCUT2D eigenvalue weighted by Crippen LogP contribution is 2.66. The van der Waals surface area contributed by atoms with Crippen LogP contribution in [-0.2, 0) is 5.41 Å². The third-order valence-corrected chi connectivity index (χ3v) is 12.8. The number of benzene rings is 10. The molecule has 0 atom stereocenters. The number of hydrogen-bond donors (Lipinski definition) is 0. The van der Waals surface area contributed by atoms with Gasteiger partial charge in [-0.05, 0) is 129 Å². The molecule has 0 unspecified atom stereocenters. The van der Waals surface area contributed by atoms with E-state index in [-0.39, 0.29) is 0 Å². The molecule has 1 nitrogen and oxygen atoms in total. The van der Waals surface area contributed by atoms with E-state index in [2.05, 4.69) is 194 Å². The fourth-order valence-electron chi connectivity index (χ4n) is 10.6. The van der Waals surface area contributed by atoms with E-state index in [0.29, 0.717) is 0 Å². The van der Waals surface area contributed by atoms with Gasteiger partial charge in [-0.2, -0.15) is 0 Å². The highest BCUT2D eigenvalue weighted by Gasteiger charge is 2.53. The lowest BCUT2D eigenvalue weighted by Crippen LogP contribution is -2.26. The molecule has 11 aromatic rings. The monoisotopic (exact) mass is 708 g/mol. The molecule has 0 aliphatic heterocycles. The first-order valence-electron chi connectivity index (χ1n) is 19.5. The van der Waals surface area contributed by atoms with Crippen molar-refractivity contribution in [3.8, 4) is 44.5 Å². The van der Waals surface area contributed by atoms with Crippen molar-refractivity contribution in [2.45, 2.75) is 5.41 Å². The first-order valence-corrected chi connectivity index (χ1v) is 19.5. The van der Waals surface area contributed by atoms with Crippen LogP contribution in [0.5, 0.6) is 0 Å². The van der Waals surface area contributed by atoms with Crippen molar-refractivity contribution in [2.75, 3.05) is 0 Å². The van der Waals surface area contributed by atoms with Crippen molar-refractivity contribution < 1.29 is 4.42 Å². The summed E-state index contributed by atoms with van der Waals surface area (Å²) in [5.74, 6) is 0. The molecule has 258 valence electrons. The van der Waals surface area contributed by atoms with E-state index in [1.165, 1.54) is 99.1 Å². The standard InChI is InChI=1S/C55H32O/c1-2-16-36-32-51-46(29-35(36)15-1)53-39(22-12-26-50(53)56-51)37-30-45(41-23-11-17-33-13-3-5-18-38(33)41)52-44-28-27-34-14-4-6-19-40(34)54(44)55(49(52)31-37)47-24-9-7-20-42(47)43-21-8-10-25-48(43)55/h1-32H. The molecule has 0 fully saturated rings. The zero-order valence-corrected chi connectivity index (χ0v) is 30.4. The van der Waals surface area contributed by atoms with Crippen LogP contribution in [0.1, 0.15) is 22.3 Å². The molecule has 2 aliphatic rings. The molecule has 56 heavy (non-hydrogen) atoms. The van der Waals surface area contributed by atoms with Crippen molar-refractivity contribution in [3.05, 3.63) is 216 Å². The van der Waals surface area contributed by atoms with Crippen molar-refractivity contribution >= 4 is 54.3 Å². The number of fused-ring (bicyclic) bond motifs is 17. The van der Waals surface area contributed by atoms with Gasteiger partial charge in [-0.3, -0.25) is 0 Å². The van der Waals surface area contributed by atoms with Crippen LogP contribution >= 0.6 is 0 Å². The van der Waals surface area contributed by atoms with Gasteiger partial charge in [0.2, 0.25) is 0 Å². The molecule has 0 saturated carbocycles. The summed E-state index contributed by atoms with van der Waals surface area (Å²) in [7, 11) is 0. The molecule has 0 N–H and O–H groups in total. The Bertz CT molecular complexity index is 3440. The highest BCUT2D eigenvalue weighted by atomic mass is 16.3. The van der Waals surface area contributed by atoms with Gasteiger partial charge in [0, 0.05) is 10.8 Å². The topological polar surface area (TPSA) is 13.1 Å². The van der Waals surface area contributed by atoms with Crippen molar-refractivity contribution in [1.29, 1.82) is 0 Å². The Balaban J connectivity index is 1.24. The third-order valence-electron chi connectivity index (χ3n) is 12.8. The quantitative estimate of drug-likeness (QED) is 0.174. The Labute approximate surface area is 323 Å². The molecule has 0 saturated heterocycles. The lowest BCUT2D eigenvalue weighted by atomic mass is 9.69. The van der Waals surface area contributed by atoms with E-state index in [4.69, 9.17) is 4.42 Å². The number of hydrogen-bond acceptors (Lipinski definition) is 1. The van der Waals surface area contributed by atoms with Gasteiger partial charge in [-0.15, -0.1) is 0 Å². The van der Waals surface area contributed by atoms with E-state index >= 15 is 0 Å². The summed E-state index contributed by atoms with van der Waals surface area (Å²) < 4.78 is 6.67. The van der Waals surface area contributed by atoms with E-state index in [1.54, 1.807) is 0 Å². The van der Waals surface area contributed by atoms with Gasteiger partial charge in [-0.25, -0.2) is 0 Å². The fourth-order valence-corrected chi connectivity index (χ4v) is 10.6. The van der Waals surface area contributed by atoms with Crippen LogP contribution in [0.4, 0.5) is 0 Å². The van der Waals surface area contributed by atoms with Crippen LogP contribution in [0.15, 0.2) is 199 Å². The lowest BCUT2D eigenvalue weighted by Gasteiger charge is -2.32. The second-order valence-corrected chi connectivity index (χ2v) is 15.5. The summed E-state index contributed by atoms with van der Waals surface area (Å²) in [6.07, 6.45) is 0. The molecule has 1 aromatic heterocycles. The first kappa shape index (κ1) is 30.1. The Morgan fingerprint density at radius 2 is 0.911 bits per heavy atom. The van der Waals surface area contributed by atoms with Crippen molar-refractivity contribution in [1.82, 2.24) is 0 Å². The van der Waals surface area contributed by atoms with Crippen LogP contribution in [0.3, 0.4) is 0 Å². The molecule has 1 heteroatoms. The number of rotatable bonds is 2. The molecule has 1 heterocycles. The average Bonchev–Trinajstić information content (AvgIpc) is 3.88. The average molecular weight is 709 g/mol. The zero-order chi connectivity index (χ0) is 36.5. The van der Waals surface area contributed by atoms with E-state index in [9.17, 15) is 0 Å². The summed E-state index contributed by atoms with van der Waals surface area (Å²) in [6.45, 7) is 0. The van der Waals surface area contributed by atoms with Gasteiger partial charge in [-0.1, -0.05) is 164 Å². The number of furan rings is 1. The van der Waals surface area contributed by atoms with Crippen LogP contribution in [0.2, 0.25) is 0 Å².